The minimum Gasteiger partial charge on any atom is -0.465 e. The molecule has 1 aromatic rings. The molecule has 1 atom stereocenters. The van der Waals surface area contributed by atoms with Crippen LogP contribution in [0.5, 0.6) is 0 Å². The molecule has 1 heterocycles. The fourth-order valence-electron chi connectivity index (χ4n) is 2.85. The molecule has 0 spiro atoms. The Morgan fingerprint density at radius 2 is 1.88 bits per heavy atom. The summed E-state index contributed by atoms with van der Waals surface area (Å²) in [6, 6.07) is 9.39. The van der Waals surface area contributed by atoms with Gasteiger partial charge in [0.2, 0.25) is 5.72 Å². The number of hydrogen-bond acceptors (Lipinski definition) is 5. The molecule has 1 amide bonds. The second-order valence-electron chi connectivity index (χ2n) is 6.79. The van der Waals surface area contributed by atoms with Crippen molar-refractivity contribution in [2.45, 2.75) is 51.5 Å². The van der Waals surface area contributed by atoms with Gasteiger partial charge in [0.15, 0.2) is 0 Å². The molecule has 1 aliphatic rings. The summed E-state index contributed by atoms with van der Waals surface area (Å²) in [5.74, 6) is -0.577. The minimum absolute atomic E-state index is 0.142. The fourth-order valence-corrected chi connectivity index (χ4v) is 2.85. The van der Waals surface area contributed by atoms with Crippen LogP contribution in [0, 0.1) is 0 Å². The number of nitrogens with zero attached hydrogens (tertiary/aromatic N) is 1. The quantitative estimate of drug-likeness (QED) is 0.791. The Morgan fingerprint density at radius 1 is 1.21 bits per heavy atom. The Kier molecular flexibility index (Phi) is 5.49. The van der Waals surface area contributed by atoms with Gasteiger partial charge in [-0.15, -0.1) is 0 Å². The smallest absolute Gasteiger partial charge is 0.412 e. The third-order valence-corrected chi connectivity index (χ3v) is 3.74. The Morgan fingerprint density at radius 3 is 2.46 bits per heavy atom. The highest BCUT2D eigenvalue weighted by Crippen LogP contribution is 2.36. The normalized spacial score (nSPS) is 20.8. The SMILES string of the molecule is COC(=O)C1(OC(C)(C)C)CCCN1C(=O)OCc1ccccc1. The lowest BCUT2D eigenvalue weighted by molar-refractivity contribution is -0.214. The molecule has 1 aromatic carbocycles. The molecule has 0 saturated carbocycles. The van der Waals surface area contributed by atoms with Crippen molar-refractivity contribution >= 4 is 12.1 Å². The summed E-state index contributed by atoms with van der Waals surface area (Å²) >= 11 is 0. The van der Waals surface area contributed by atoms with Crippen LogP contribution in [0.2, 0.25) is 0 Å². The highest BCUT2D eigenvalue weighted by atomic mass is 16.6. The zero-order chi connectivity index (χ0) is 17.8. The Balaban J connectivity index is 2.15. The number of likely N-dealkylation sites (tertiary alicyclic amines) is 1. The van der Waals surface area contributed by atoms with Gasteiger partial charge in [-0.05, 0) is 32.8 Å². The number of carbonyl (C=O) groups excluding carboxylic acids is 2. The van der Waals surface area contributed by atoms with Gasteiger partial charge in [-0.3, -0.25) is 4.90 Å². The van der Waals surface area contributed by atoms with Crippen LogP contribution in [-0.4, -0.2) is 41.9 Å². The van der Waals surface area contributed by atoms with Gasteiger partial charge >= 0.3 is 12.1 Å². The lowest BCUT2D eigenvalue weighted by atomic mass is 10.1. The molecule has 6 nitrogen and oxygen atoms in total. The topological polar surface area (TPSA) is 65.1 Å². The van der Waals surface area contributed by atoms with E-state index in [2.05, 4.69) is 0 Å². The van der Waals surface area contributed by atoms with Crippen molar-refractivity contribution in [2.75, 3.05) is 13.7 Å². The molecule has 1 saturated heterocycles. The van der Waals surface area contributed by atoms with Crippen LogP contribution in [0.3, 0.4) is 0 Å². The van der Waals surface area contributed by atoms with E-state index >= 15 is 0 Å². The number of methoxy groups -OCH3 is 1. The van der Waals surface area contributed by atoms with Gasteiger partial charge < -0.3 is 14.2 Å². The maximum absolute atomic E-state index is 12.6. The minimum atomic E-state index is -1.43. The van der Waals surface area contributed by atoms with Gasteiger partial charge in [0.05, 0.1) is 12.7 Å². The van der Waals surface area contributed by atoms with E-state index < -0.39 is 23.4 Å². The summed E-state index contributed by atoms with van der Waals surface area (Å²) in [4.78, 5) is 26.3. The molecule has 132 valence electrons. The molecule has 1 unspecified atom stereocenters. The third kappa shape index (κ3) is 4.06. The summed E-state index contributed by atoms with van der Waals surface area (Å²) in [5.41, 5.74) is -1.16. The molecule has 24 heavy (non-hydrogen) atoms. The highest BCUT2D eigenvalue weighted by Gasteiger charge is 2.55. The number of benzene rings is 1. The van der Waals surface area contributed by atoms with E-state index in [1.807, 2.05) is 51.1 Å². The molecule has 0 N–H and O–H groups in total. The largest absolute Gasteiger partial charge is 0.465 e. The van der Waals surface area contributed by atoms with E-state index in [0.717, 1.165) is 5.56 Å². The van der Waals surface area contributed by atoms with Gasteiger partial charge in [-0.25, -0.2) is 9.59 Å². The number of rotatable bonds is 4. The second-order valence-corrected chi connectivity index (χ2v) is 6.79. The predicted molar refractivity (Wildman–Crippen MR) is 88.2 cm³/mol. The van der Waals surface area contributed by atoms with Crippen LogP contribution < -0.4 is 0 Å². The molecular formula is C18H25NO5. The highest BCUT2D eigenvalue weighted by molar-refractivity contribution is 5.85. The predicted octanol–water partition coefficient (Wildman–Crippen LogP) is 3.10. The third-order valence-electron chi connectivity index (χ3n) is 3.74. The van der Waals surface area contributed by atoms with Crippen LogP contribution in [0.1, 0.15) is 39.2 Å². The monoisotopic (exact) mass is 335 g/mol. The number of esters is 1. The zero-order valence-corrected chi connectivity index (χ0v) is 14.7. The molecule has 0 radical (unpaired) electrons. The number of ether oxygens (including phenoxy) is 3. The number of carbonyl (C=O) groups is 2. The van der Waals surface area contributed by atoms with Crippen LogP contribution in [0.4, 0.5) is 4.79 Å². The second kappa shape index (κ2) is 7.21. The van der Waals surface area contributed by atoms with E-state index in [1.54, 1.807) is 0 Å². The van der Waals surface area contributed by atoms with Crippen molar-refractivity contribution in [3.8, 4) is 0 Å². The summed E-state index contributed by atoms with van der Waals surface area (Å²) in [5, 5.41) is 0. The average Bonchev–Trinajstić information content (AvgIpc) is 2.95. The van der Waals surface area contributed by atoms with Crippen LogP contribution in [0.15, 0.2) is 30.3 Å². The van der Waals surface area contributed by atoms with Crippen molar-refractivity contribution in [2.24, 2.45) is 0 Å². The maximum atomic E-state index is 12.6. The van der Waals surface area contributed by atoms with Gasteiger partial charge in [0, 0.05) is 13.0 Å². The van der Waals surface area contributed by atoms with Crippen molar-refractivity contribution in [1.82, 2.24) is 4.90 Å². The van der Waals surface area contributed by atoms with E-state index in [0.29, 0.717) is 19.4 Å². The maximum Gasteiger partial charge on any atom is 0.412 e. The van der Waals surface area contributed by atoms with Crippen LogP contribution >= 0.6 is 0 Å². The zero-order valence-electron chi connectivity index (χ0n) is 14.7. The van der Waals surface area contributed by atoms with E-state index in [9.17, 15) is 9.59 Å². The first-order valence-corrected chi connectivity index (χ1v) is 8.05. The molecule has 1 fully saturated rings. The van der Waals surface area contributed by atoms with Crippen molar-refractivity contribution in [1.29, 1.82) is 0 Å². The molecule has 2 rings (SSSR count). The average molecular weight is 335 g/mol. The van der Waals surface area contributed by atoms with E-state index in [1.165, 1.54) is 12.0 Å². The summed E-state index contributed by atoms with van der Waals surface area (Å²) in [6.07, 6.45) is 0.453. The Labute approximate surface area is 142 Å². The van der Waals surface area contributed by atoms with E-state index in [4.69, 9.17) is 14.2 Å². The molecule has 1 aliphatic heterocycles. The van der Waals surface area contributed by atoms with Crippen LogP contribution in [-0.2, 0) is 25.6 Å². The summed E-state index contributed by atoms with van der Waals surface area (Å²) < 4.78 is 16.3. The lowest BCUT2D eigenvalue weighted by Crippen LogP contribution is -2.58. The standard InChI is InChI=1S/C18H25NO5/c1-17(2,3)24-18(15(20)22-4)11-8-12-19(18)16(21)23-13-14-9-6-5-7-10-14/h5-7,9-10H,8,11-13H2,1-4H3. The summed E-state index contributed by atoms with van der Waals surface area (Å²) in [6.45, 7) is 6.04. The van der Waals surface area contributed by atoms with Crippen molar-refractivity contribution < 1.29 is 23.8 Å². The molecular weight excluding hydrogens is 310 g/mol. The van der Waals surface area contributed by atoms with Crippen molar-refractivity contribution in [3.05, 3.63) is 35.9 Å². The first-order valence-electron chi connectivity index (χ1n) is 8.05. The van der Waals surface area contributed by atoms with Crippen LogP contribution in [0.25, 0.3) is 0 Å². The number of amides is 1. The molecule has 0 aromatic heterocycles. The van der Waals surface area contributed by atoms with E-state index in [-0.39, 0.29) is 6.61 Å². The summed E-state index contributed by atoms with van der Waals surface area (Å²) in [7, 11) is 1.29. The molecule has 6 heteroatoms. The first kappa shape index (κ1) is 18.3. The van der Waals surface area contributed by atoms with Crippen molar-refractivity contribution in [3.63, 3.8) is 0 Å². The van der Waals surface area contributed by atoms with Gasteiger partial charge in [-0.2, -0.15) is 0 Å². The fraction of sp³-hybridized carbons (Fsp3) is 0.556. The van der Waals surface area contributed by atoms with Gasteiger partial charge in [0.1, 0.15) is 6.61 Å². The van der Waals surface area contributed by atoms with Gasteiger partial charge in [-0.1, -0.05) is 30.3 Å². The molecule has 0 aliphatic carbocycles. The lowest BCUT2D eigenvalue weighted by Gasteiger charge is -2.39. The molecule has 0 bridgehead atoms. The Bertz CT molecular complexity index is 581. The Hall–Kier alpha value is -2.08. The number of hydrogen-bond donors (Lipinski definition) is 0. The van der Waals surface area contributed by atoms with Gasteiger partial charge in [0.25, 0.3) is 0 Å². The first-order chi connectivity index (χ1) is 11.3.